The van der Waals surface area contributed by atoms with Gasteiger partial charge in [-0.2, -0.15) is 0 Å². The lowest BCUT2D eigenvalue weighted by Crippen LogP contribution is -2.50. The standard InChI is InChI=1S/C9H16N4O3/c14-8(5-13-3-1-10-2-4-13)11-7-6-16-12-9(7)15/h7,10H,1-6H2,(H,11,14)(H,12,15)/t7-/m1/s1. The summed E-state index contributed by atoms with van der Waals surface area (Å²) in [6.45, 7) is 4.07. The first-order valence-electron chi connectivity index (χ1n) is 5.40. The molecule has 0 spiro atoms. The molecule has 0 aromatic rings. The zero-order valence-corrected chi connectivity index (χ0v) is 8.99. The number of nitrogens with one attached hydrogen (secondary N) is 3. The van der Waals surface area contributed by atoms with Crippen molar-refractivity contribution >= 4 is 11.8 Å². The largest absolute Gasteiger partial charge is 0.341 e. The topological polar surface area (TPSA) is 82.7 Å². The SMILES string of the molecule is O=C(CN1CCNCC1)N[C@@H]1CONC1=O. The third kappa shape index (κ3) is 2.91. The van der Waals surface area contributed by atoms with Crippen LogP contribution in [-0.2, 0) is 14.4 Å². The fraction of sp³-hybridized carbons (Fsp3) is 0.778. The maximum Gasteiger partial charge on any atom is 0.268 e. The Hall–Kier alpha value is -1.18. The van der Waals surface area contributed by atoms with E-state index in [-0.39, 0.29) is 18.4 Å². The van der Waals surface area contributed by atoms with Gasteiger partial charge in [-0.25, -0.2) is 5.48 Å². The van der Waals surface area contributed by atoms with Gasteiger partial charge in [0.2, 0.25) is 5.91 Å². The number of hydroxylamine groups is 1. The van der Waals surface area contributed by atoms with Gasteiger partial charge in [0.1, 0.15) is 12.6 Å². The van der Waals surface area contributed by atoms with Gasteiger partial charge in [0.15, 0.2) is 0 Å². The molecule has 0 bridgehead atoms. The fourth-order valence-corrected chi connectivity index (χ4v) is 1.76. The Balaban J connectivity index is 1.72. The Labute approximate surface area is 93.4 Å². The predicted molar refractivity (Wildman–Crippen MR) is 55.3 cm³/mol. The van der Waals surface area contributed by atoms with Gasteiger partial charge in [0.05, 0.1) is 6.54 Å². The highest BCUT2D eigenvalue weighted by Crippen LogP contribution is 1.96. The Morgan fingerprint density at radius 2 is 2.25 bits per heavy atom. The number of amides is 2. The van der Waals surface area contributed by atoms with Crippen LogP contribution >= 0.6 is 0 Å². The van der Waals surface area contributed by atoms with Crippen LogP contribution in [0.2, 0.25) is 0 Å². The van der Waals surface area contributed by atoms with E-state index in [2.05, 4.69) is 21.0 Å². The third-order valence-electron chi connectivity index (χ3n) is 2.65. The lowest BCUT2D eigenvalue weighted by atomic mass is 10.3. The van der Waals surface area contributed by atoms with Crippen molar-refractivity contribution in [3.05, 3.63) is 0 Å². The molecule has 3 N–H and O–H groups in total. The lowest BCUT2D eigenvalue weighted by molar-refractivity contribution is -0.129. The molecule has 0 unspecified atom stereocenters. The minimum Gasteiger partial charge on any atom is -0.341 e. The molecule has 2 heterocycles. The summed E-state index contributed by atoms with van der Waals surface area (Å²) in [5.41, 5.74) is 2.20. The van der Waals surface area contributed by atoms with Crippen LogP contribution in [0, 0.1) is 0 Å². The van der Waals surface area contributed by atoms with Crippen LogP contribution < -0.4 is 16.1 Å². The van der Waals surface area contributed by atoms with E-state index >= 15 is 0 Å². The summed E-state index contributed by atoms with van der Waals surface area (Å²) in [6.07, 6.45) is 0. The second-order valence-corrected chi connectivity index (χ2v) is 3.92. The van der Waals surface area contributed by atoms with Crippen LogP contribution in [0.15, 0.2) is 0 Å². The van der Waals surface area contributed by atoms with Crippen molar-refractivity contribution in [1.82, 2.24) is 21.0 Å². The van der Waals surface area contributed by atoms with Crippen molar-refractivity contribution in [1.29, 1.82) is 0 Å². The lowest BCUT2D eigenvalue weighted by Gasteiger charge is -2.26. The molecule has 2 fully saturated rings. The van der Waals surface area contributed by atoms with Crippen LogP contribution in [0.5, 0.6) is 0 Å². The van der Waals surface area contributed by atoms with Gasteiger partial charge in [-0.15, -0.1) is 0 Å². The van der Waals surface area contributed by atoms with Crippen molar-refractivity contribution in [3.8, 4) is 0 Å². The monoisotopic (exact) mass is 228 g/mol. The summed E-state index contributed by atoms with van der Waals surface area (Å²) < 4.78 is 0. The van der Waals surface area contributed by atoms with E-state index in [1.165, 1.54) is 0 Å². The number of rotatable bonds is 3. The van der Waals surface area contributed by atoms with Crippen LogP contribution in [-0.4, -0.2) is 62.1 Å². The summed E-state index contributed by atoms with van der Waals surface area (Å²) in [5, 5.41) is 5.85. The number of carbonyl (C=O) groups excluding carboxylic acids is 2. The molecule has 7 heteroatoms. The van der Waals surface area contributed by atoms with E-state index in [9.17, 15) is 9.59 Å². The molecule has 2 rings (SSSR count). The van der Waals surface area contributed by atoms with E-state index in [0.717, 1.165) is 26.2 Å². The first-order chi connectivity index (χ1) is 7.75. The first kappa shape index (κ1) is 11.3. The molecule has 2 aliphatic rings. The van der Waals surface area contributed by atoms with E-state index in [4.69, 9.17) is 4.84 Å². The third-order valence-corrected chi connectivity index (χ3v) is 2.65. The number of piperazine rings is 1. The van der Waals surface area contributed by atoms with Gasteiger partial charge in [-0.3, -0.25) is 19.3 Å². The molecular weight excluding hydrogens is 212 g/mol. The molecule has 0 aliphatic carbocycles. The summed E-state index contributed by atoms with van der Waals surface area (Å²) in [7, 11) is 0. The number of nitrogens with zero attached hydrogens (tertiary/aromatic N) is 1. The molecule has 0 aromatic heterocycles. The van der Waals surface area contributed by atoms with Crippen molar-refractivity contribution < 1.29 is 14.4 Å². The highest BCUT2D eigenvalue weighted by Gasteiger charge is 2.27. The summed E-state index contributed by atoms with van der Waals surface area (Å²) >= 11 is 0. The molecule has 0 saturated carbocycles. The highest BCUT2D eigenvalue weighted by atomic mass is 16.7. The fourth-order valence-electron chi connectivity index (χ4n) is 1.76. The van der Waals surface area contributed by atoms with Crippen LogP contribution in [0.1, 0.15) is 0 Å². The maximum atomic E-state index is 11.6. The van der Waals surface area contributed by atoms with E-state index < -0.39 is 6.04 Å². The molecule has 0 radical (unpaired) electrons. The van der Waals surface area contributed by atoms with Gasteiger partial charge in [-0.05, 0) is 0 Å². The molecule has 90 valence electrons. The van der Waals surface area contributed by atoms with Crippen LogP contribution in [0.3, 0.4) is 0 Å². The quantitative estimate of drug-likeness (QED) is 0.495. The second-order valence-electron chi connectivity index (χ2n) is 3.92. The number of hydrogen-bond acceptors (Lipinski definition) is 5. The average molecular weight is 228 g/mol. The predicted octanol–water partition coefficient (Wildman–Crippen LogP) is -2.56. The van der Waals surface area contributed by atoms with Crippen molar-refractivity contribution in [2.75, 3.05) is 39.3 Å². The molecule has 1 atom stereocenters. The van der Waals surface area contributed by atoms with Gasteiger partial charge in [0.25, 0.3) is 5.91 Å². The minimum absolute atomic E-state index is 0.132. The Bertz CT molecular complexity index is 278. The van der Waals surface area contributed by atoms with E-state index in [1.807, 2.05) is 0 Å². The van der Waals surface area contributed by atoms with Crippen molar-refractivity contribution in [2.24, 2.45) is 0 Å². The minimum atomic E-state index is -0.546. The normalized spacial score (nSPS) is 26.5. The van der Waals surface area contributed by atoms with Gasteiger partial charge >= 0.3 is 0 Å². The van der Waals surface area contributed by atoms with Gasteiger partial charge in [0, 0.05) is 26.2 Å². The van der Waals surface area contributed by atoms with Crippen molar-refractivity contribution in [2.45, 2.75) is 6.04 Å². The Morgan fingerprint density at radius 3 is 2.88 bits per heavy atom. The smallest absolute Gasteiger partial charge is 0.268 e. The first-order valence-corrected chi connectivity index (χ1v) is 5.40. The molecule has 0 aromatic carbocycles. The zero-order valence-electron chi connectivity index (χ0n) is 8.99. The average Bonchev–Trinajstić information content (AvgIpc) is 2.66. The van der Waals surface area contributed by atoms with E-state index in [1.54, 1.807) is 0 Å². The van der Waals surface area contributed by atoms with E-state index in [0.29, 0.717) is 6.54 Å². The number of carbonyl (C=O) groups is 2. The van der Waals surface area contributed by atoms with Gasteiger partial charge < -0.3 is 10.6 Å². The summed E-state index contributed by atoms with van der Waals surface area (Å²) in [4.78, 5) is 29.5. The maximum absolute atomic E-state index is 11.6. The summed E-state index contributed by atoms with van der Waals surface area (Å²) in [6, 6.07) is -0.546. The van der Waals surface area contributed by atoms with Crippen LogP contribution in [0.4, 0.5) is 0 Å². The highest BCUT2D eigenvalue weighted by molar-refractivity contribution is 5.88. The molecule has 2 saturated heterocycles. The molecule has 2 amide bonds. The molecule has 16 heavy (non-hydrogen) atoms. The van der Waals surface area contributed by atoms with Crippen LogP contribution in [0.25, 0.3) is 0 Å². The Kier molecular flexibility index (Phi) is 3.70. The molecule has 2 aliphatic heterocycles. The number of hydrogen-bond donors (Lipinski definition) is 3. The molecule has 7 nitrogen and oxygen atoms in total. The summed E-state index contributed by atoms with van der Waals surface area (Å²) in [5.74, 6) is -0.416. The van der Waals surface area contributed by atoms with Crippen molar-refractivity contribution in [3.63, 3.8) is 0 Å². The zero-order chi connectivity index (χ0) is 11.4. The Morgan fingerprint density at radius 1 is 1.50 bits per heavy atom. The van der Waals surface area contributed by atoms with Gasteiger partial charge in [-0.1, -0.05) is 0 Å². The molecular formula is C9H16N4O3. The second kappa shape index (κ2) is 5.24.